The van der Waals surface area contributed by atoms with E-state index in [1.165, 1.54) is 4.90 Å². The van der Waals surface area contributed by atoms with Crippen LogP contribution in [-0.2, 0) is 19.1 Å². The average molecular weight is 653 g/mol. The van der Waals surface area contributed by atoms with Gasteiger partial charge in [0.25, 0.3) is 0 Å². The van der Waals surface area contributed by atoms with E-state index in [2.05, 4.69) is 15.6 Å². The van der Waals surface area contributed by atoms with Gasteiger partial charge in [0.2, 0.25) is 11.8 Å². The number of para-hydroxylation sites is 1. The molecular formula is C34H41ClN4O7. The summed E-state index contributed by atoms with van der Waals surface area (Å²) in [6, 6.07) is 5.78. The molecule has 3 N–H and O–H groups in total. The number of carboxylic acids is 1. The smallest absolute Gasteiger partial charge is 0.407 e. The number of nitrogens with zero attached hydrogens (tertiary/aromatic N) is 2. The normalized spacial score (nSPS) is 29.6. The quantitative estimate of drug-likeness (QED) is 0.380. The van der Waals surface area contributed by atoms with Crippen LogP contribution < -0.4 is 15.4 Å². The molecule has 6 rings (SSSR count). The van der Waals surface area contributed by atoms with Gasteiger partial charge in [-0.25, -0.2) is 9.59 Å². The van der Waals surface area contributed by atoms with E-state index < -0.39 is 41.7 Å². The summed E-state index contributed by atoms with van der Waals surface area (Å²) >= 11 is 6.42. The monoisotopic (exact) mass is 652 g/mol. The fraction of sp³-hybridized carbons (Fsp3) is 0.559. The molecule has 1 aromatic carbocycles. The molecule has 2 saturated carbocycles. The minimum atomic E-state index is -1.40. The lowest BCUT2D eigenvalue weighted by atomic mass is 10.0. The Hall–Kier alpha value is -3.86. The number of halogens is 1. The topological polar surface area (TPSA) is 147 Å². The van der Waals surface area contributed by atoms with E-state index in [0.717, 1.165) is 44.9 Å². The Morgan fingerprint density at radius 1 is 1.13 bits per heavy atom. The van der Waals surface area contributed by atoms with Gasteiger partial charge in [0, 0.05) is 41.9 Å². The summed E-state index contributed by atoms with van der Waals surface area (Å²) in [6.45, 7) is 1.95. The third-order valence-corrected chi connectivity index (χ3v) is 9.97. The summed E-state index contributed by atoms with van der Waals surface area (Å²) in [5.74, 6) is -1.73. The van der Waals surface area contributed by atoms with Crippen LogP contribution in [0.15, 0.2) is 36.4 Å². The Morgan fingerprint density at radius 3 is 2.70 bits per heavy atom. The van der Waals surface area contributed by atoms with Crippen LogP contribution >= 0.6 is 11.6 Å². The molecule has 0 bridgehead atoms. The van der Waals surface area contributed by atoms with E-state index in [0.29, 0.717) is 40.2 Å². The number of ether oxygens (including phenoxy) is 2. The van der Waals surface area contributed by atoms with Crippen molar-refractivity contribution < 1.29 is 33.8 Å². The Labute approximate surface area is 273 Å². The summed E-state index contributed by atoms with van der Waals surface area (Å²) in [4.78, 5) is 59.0. The van der Waals surface area contributed by atoms with Gasteiger partial charge < -0.3 is 30.1 Å². The standard InChI is InChI=1S/C34H41ClN4O7/c1-20-15-28(25-13-8-14-26(35)30(25)36-20)45-24-17-27-31(41)38-34(32(42)43)18-21(34)9-4-2-3-5-10-22(16-29(40)39(27)19-24)37-33(44)46-23-11-6-7-12-23/h4,8-9,13-15,21-24,27H,2-3,5-7,10-12,16-19H2,1H3,(H,37,44)(H,38,41)(H,42,43)/b9-4-/t21-,22+,24-,27+,34-/m1/s1. The number of aryl methyl sites for hydroxylation is 1. The molecule has 3 amide bonds. The molecule has 0 unspecified atom stereocenters. The minimum Gasteiger partial charge on any atom is -0.488 e. The lowest BCUT2D eigenvalue weighted by Gasteiger charge is -2.27. The second-order valence-corrected chi connectivity index (χ2v) is 13.5. The van der Waals surface area contributed by atoms with Crippen LogP contribution in [0.3, 0.4) is 0 Å². The lowest BCUT2D eigenvalue weighted by molar-refractivity contribution is -0.145. The highest BCUT2D eigenvalue weighted by atomic mass is 35.5. The summed E-state index contributed by atoms with van der Waals surface area (Å²) in [5.41, 5.74) is -0.104. The highest BCUT2D eigenvalue weighted by Crippen LogP contribution is 2.45. The number of pyridine rings is 1. The van der Waals surface area contributed by atoms with Crippen LogP contribution in [0.5, 0.6) is 5.75 Å². The van der Waals surface area contributed by atoms with Crippen molar-refractivity contribution >= 4 is 46.4 Å². The van der Waals surface area contributed by atoms with Gasteiger partial charge in [0.1, 0.15) is 29.5 Å². The van der Waals surface area contributed by atoms with Crippen molar-refractivity contribution in [1.29, 1.82) is 0 Å². The number of hydrogen-bond donors (Lipinski definition) is 3. The van der Waals surface area contributed by atoms with Crippen molar-refractivity contribution in [2.24, 2.45) is 5.92 Å². The van der Waals surface area contributed by atoms with Crippen LogP contribution in [-0.4, -0.2) is 75.2 Å². The molecule has 5 atom stereocenters. The van der Waals surface area contributed by atoms with Crippen LogP contribution in [0.2, 0.25) is 5.02 Å². The first kappa shape index (κ1) is 32.1. The zero-order chi connectivity index (χ0) is 32.4. The van der Waals surface area contributed by atoms with Gasteiger partial charge in [-0.1, -0.05) is 36.2 Å². The van der Waals surface area contributed by atoms with Crippen molar-refractivity contribution in [2.45, 2.75) is 107 Å². The Morgan fingerprint density at radius 2 is 1.91 bits per heavy atom. The number of carboxylic acid groups (broad SMARTS) is 1. The zero-order valence-electron chi connectivity index (χ0n) is 26.0. The molecule has 1 saturated heterocycles. The third kappa shape index (κ3) is 6.94. The predicted octanol–water partition coefficient (Wildman–Crippen LogP) is 5.06. The van der Waals surface area contributed by atoms with Crippen molar-refractivity contribution in [1.82, 2.24) is 20.5 Å². The summed E-state index contributed by atoms with van der Waals surface area (Å²) < 4.78 is 12.1. The van der Waals surface area contributed by atoms with E-state index in [1.54, 1.807) is 18.2 Å². The van der Waals surface area contributed by atoms with E-state index in [1.807, 2.05) is 25.1 Å². The molecule has 2 aromatic rings. The molecule has 11 nitrogen and oxygen atoms in total. The maximum Gasteiger partial charge on any atom is 0.407 e. The molecule has 0 radical (unpaired) electrons. The number of aromatic nitrogens is 1. The number of alkyl carbamates (subject to hydrolysis) is 1. The van der Waals surface area contributed by atoms with E-state index >= 15 is 0 Å². The number of allylic oxidation sites excluding steroid dienone is 1. The fourth-order valence-corrected chi connectivity index (χ4v) is 7.30. The first-order chi connectivity index (χ1) is 22.1. The SMILES string of the molecule is Cc1cc(O[C@@H]2C[C@H]3C(=O)N[C@]4(C(=O)O)C[C@H]4/C=C\CCCC[C@H](NC(=O)OC4CCCC4)CC(=O)N3C2)c2cccc(Cl)c2n1. The van der Waals surface area contributed by atoms with Gasteiger partial charge in [0.15, 0.2) is 0 Å². The second-order valence-electron chi connectivity index (χ2n) is 13.1. The zero-order valence-corrected chi connectivity index (χ0v) is 26.8. The Bertz CT molecular complexity index is 1540. The predicted molar refractivity (Wildman–Crippen MR) is 171 cm³/mol. The molecule has 3 heterocycles. The maximum absolute atomic E-state index is 14.0. The molecule has 46 heavy (non-hydrogen) atoms. The second kappa shape index (κ2) is 13.5. The van der Waals surface area contributed by atoms with Crippen molar-refractivity contribution in [3.8, 4) is 5.75 Å². The number of benzene rings is 1. The minimum absolute atomic E-state index is 0.0221. The molecular weight excluding hydrogens is 612 g/mol. The van der Waals surface area contributed by atoms with E-state index in [-0.39, 0.29) is 37.3 Å². The van der Waals surface area contributed by atoms with Crippen LogP contribution in [0, 0.1) is 12.8 Å². The van der Waals surface area contributed by atoms with Crippen molar-refractivity contribution in [3.63, 3.8) is 0 Å². The number of fused-ring (bicyclic) bond motifs is 3. The van der Waals surface area contributed by atoms with Gasteiger partial charge in [0.05, 0.1) is 17.1 Å². The summed E-state index contributed by atoms with van der Waals surface area (Å²) in [5, 5.41) is 17.0. The summed E-state index contributed by atoms with van der Waals surface area (Å²) in [6.07, 6.45) is 9.67. The van der Waals surface area contributed by atoms with Gasteiger partial charge in [-0.3, -0.25) is 14.6 Å². The van der Waals surface area contributed by atoms with Gasteiger partial charge in [-0.15, -0.1) is 0 Å². The molecule has 2 aliphatic heterocycles. The molecule has 4 aliphatic rings. The maximum atomic E-state index is 14.0. The number of carbonyl (C=O) groups excluding carboxylic acids is 3. The van der Waals surface area contributed by atoms with Crippen molar-refractivity contribution in [2.75, 3.05) is 6.54 Å². The molecule has 0 spiro atoms. The first-order valence-corrected chi connectivity index (χ1v) is 16.7. The lowest BCUT2D eigenvalue weighted by Crippen LogP contribution is -2.53. The van der Waals surface area contributed by atoms with E-state index in [9.17, 15) is 24.3 Å². The number of aliphatic carboxylic acids is 1. The van der Waals surface area contributed by atoms with Crippen LogP contribution in [0.25, 0.3) is 10.9 Å². The number of nitrogens with one attached hydrogen (secondary N) is 2. The molecule has 3 fully saturated rings. The van der Waals surface area contributed by atoms with Crippen LogP contribution in [0.1, 0.15) is 76.3 Å². The van der Waals surface area contributed by atoms with Gasteiger partial charge in [-0.05, 0) is 70.4 Å². The number of amides is 3. The Balaban J connectivity index is 1.25. The molecule has 12 heteroatoms. The highest BCUT2D eigenvalue weighted by molar-refractivity contribution is 6.35. The van der Waals surface area contributed by atoms with Crippen LogP contribution in [0.4, 0.5) is 4.79 Å². The average Bonchev–Trinajstić information content (AvgIpc) is 3.30. The largest absolute Gasteiger partial charge is 0.488 e. The molecule has 2 aliphatic carbocycles. The molecule has 246 valence electrons. The fourth-order valence-electron chi connectivity index (χ4n) is 7.08. The van der Waals surface area contributed by atoms with Crippen molar-refractivity contribution in [3.05, 3.63) is 47.1 Å². The first-order valence-electron chi connectivity index (χ1n) is 16.3. The third-order valence-electron chi connectivity index (χ3n) is 9.66. The van der Waals surface area contributed by atoms with E-state index in [4.69, 9.17) is 21.1 Å². The summed E-state index contributed by atoms with van der Waals surface area (Å²) in [7, 11) is 0. The van der Waals surface area contributed by atoms with Gasteiger partial charge >= 0.3 is 12.1 Å². The number of rotatable bonds is 5. The number of hydrogen-bond acceptors (Lipinski definition) is 7. The highest BCUT2D eigenvalue weighted by Gasteiger charge is 2.61. The number of carbonyl (C=O) groups is 4. The Kier molecular flexibility index (Phi) is 9.40. The van der Waals surface area contributed by atoms with Gasteiger partial charge in [-0.2, -0.15) is 0 Å². The molecule has 1 aromatic heterocycles.